The second kappa shape index (κ2) is 6.24. The van der Waals surface area contributed by atoms with Crippen molar-refractivity contribution in [1.82, 2.24) is 0 Å². The summed E-state index contributed by atoms with van der Waals surface area (Å²) < 4.78 is 5.48. The van der Waals surface area contributed by atoms with Crippen molar-refractivity contribution < 1.29 is 9.53 Å². The molecule has 0 unspecified atom stereocenters. The van der Waals surface area contributed by atoms with Crippen molar-refractivity contribution in [3.63, 3.8) is 0 Å². The van der Waals surface area contributed by atoms with Crippen LogP contribution in [-0.2, 0) is 0 Å². The highest BCUT2D eigenvalue weighted by Gasteiger charge is 2.09. The first-order chi connectivity index (χ1) is 9.61. The summed E-state index contributed by atoms with van der Waals surface area (Å²) in [7, 11) is 0. The molecule has 1 N–H and O–H groups in total. The largest absolute Gasteiger partial charge is 0.494 e. The molecule has 0 spiro atoms. The standard InChI is InChI=1S/C17H19NO2/c1-4-20-16-10-9-14(11-13(16)3)17(19)18-15-8-6-5-7-12(15)2/h5-11H,4H2,1-3H3,(H,18,19). The molecule has 0 fully saturated rings. The van der Waals surface area contributed by atoms with Gasteiger partial charge in [-0.2, -0.15) is 0 Å². The maximum Gasteiger partial charge on any atom is 0.255 e. The molecule has 3 heteroatoms. The van der Waals surface area contributed by atoms with Crippen LogP contribution in [0.2, 0.25) is 0 Å². The molecular weight excluding hydrogens is 250 g/mol. The van der Waals surface area contributed by atoms with E-state index in [4.69, 9.17) is 4.74 Å². The Balaban J connectivity index is 2.18. The summed E-state index contributed by atoms with van der Waals surface area (Å²) in [6.07, 6.45) is 0. The van der Waals surface area contributed by atoms with Crippen LogP contribution in [0.3, 0.4) is 0 Å². The van der Waals surface area contributed by atoms with Crippen LogP contribution in [0.4, 0.5) is 5.69 Å². The molecule has 2 rings (SSSR count). The molecule has 0 saturated carbocycles. The van der Waals surface area contributed by atoms with E-state index in [0.29, 0.717) is 12.2 Å². The quantitative estimate of drug-likeness (QED) is 0.912. The highest BCUT2D eigenvalue weighted by Crippen LogP contribution is 2.20. The first-order valence-electron chi connectivity index (χ1n) is 6.72. The van der Waals surface area contributed by atoms with Crippen LogP contribution < -0.4 is 10.1 Å². The summed E-state index contributed by atoms with van der Waals surface area (Å²) >= 11 is 0. The molecule has 0 aliphatic rings. The minimum atomic E-state index is -0.106. The van der Waals surface area contributed by atoms with E-state index in [1.54, 1.807) is 6.07 Å². The van der Waals surface area contributed by atoms with Crippen molar-refractivity contribution >= 4 is 11.6 Å². The third-order valence-electron chi connectivity index (χ3n) is 3.13. The molecule has 104 valence electrons. The number of hydrogen-bond donors (Lipinski definition) is 1. The van der Waals surface area contributed by atoms with Crippen molar-refractivity contribution in [1.29, 1.82) is 0 Å². The zero-order chi connectivity index (χ0) is 14.5. The van der Waals surface area contributed by atoms with E-state index in [2.05, 4.69) is 5.32 Å². The van der Waals surface area contributed by atoms with Crippen LogP contribution in [0.25, 0.3) is 0 Å². The van der Waals surface area contributed by atoms with E-state index >= 15 is 0 Å². The molecule has 0 atom stereocenters. The van der Waals surface area contributed by atoms with Gasteiger partial charge in [-0.15, -0.1) is 0 Å². The average Bonchev–Trinajstić information content (AvgIpc) is 2.43. The molecule has 1 amide bonds. The third kappa shape index (κ3) is 3.18. The topological polar surface area (TPSA) is 38.3 Å². The molecule has 0 saturated heterocycles. The zero-order valence-electron chi connectivity index (χ0n) is 12.1. The fraction of sp³-hybridized carbons (Fsp3) is 0.235. The fourth-order valence-electron chi connectivity index (χ4n) is 2.02. The molecule has 0 radical (unpaired) electrons. The number of carbonyl (C=O) groups excluding carboxylic acids is 1. The van der Waals surface area contributed by atoms with E-state index in [1.165, 1.54) is 0 Å². The maximum absolute atomic E-state index is 12.2. The maximum atomic E-state index is 12.2. The molecule has 0 aliphatic carbocycles. The lowest BCUT2D eigenvalue weighted by Gasteiger charge is -2.11. The molecule has 20 heavy (non-hydrogen) atoms. The summed E-state index contributed by atoms with van der Waals surface area (Å²) in [5.41, 5.74) is 3.48. The van der Waals surface area contributed by atoms with Crippen LogP contribution >= 0.6 is 0 Å². The third-order valence-corrected chi connectivity index (χ3v) is 3.13. The lowest BCUT2D eigenvalue weighted by Crippen LogP contribution is -2.13. The number of ether oxygens (including phenoxy) is 1. The number of nitrogens with one attached hydrogen (secondary N) is 1. The number of para-hydroxylation sites is 1. The monoisotopic (exact) mass is 269 g/mol. The molecule has 0 aromatic heterocycles. The minimum absolute atomic E-state index is 0.106. The SMILES string of the molecule is CCOc1ccc(C(=O)Nc2ccccc2C)cc1C. The molecule has 0 bridgehead atoms. The lowest BCUT2D eigenvalue weighted by molar-refractivity contribution is 0.102. The van der Waals surface area contributed by atoms with Gasteiger partial charge in [-0.05, 0) is 56.2 Å². The lowest BCUT2D eigenvalue weighted by atomic mass is 10.1. The number of hydrogen-bond acceptors (Lipinski definition) is 2. The Bertz CT molecular complexity index is 620. The molecule has 0 heterocycles. The number of benzene rings is 2. The summed E-state index contributed by atoms with van der Waals surface area (Å²) in [5.74, 6) is 0.713. The van der Waals surface area contributed by atoms with Gasteiger partial charge in [0.2, 0.25) is 0 Å². The van der Waals surface area contributed by atoms with E-state index in [9.17, 15) is 4.79 Å². The Hall–Kier alpha value is -2.29. The van der Waals surface area contributed by atoms with E-state index in [1.807, 2.05) is 57.2 Å². The Morgan fingerprint density at radius 2 is 1.85 bits per heavy atom. The van der Waals surface area contributed by atoms with E-state index < -0.39 is 0 Å². The fourth-order valence-corrected chi connectivity index (χ4v) is 2.02. The number of amides is 1. The first kappa shape index (κ1) is 14.1. The van der Waals surface area contributed by atoms with Gasteiger partial charge in [0, 0.05) is 11.3 Å². The van der Waals surface area contributed by atoms with Gasteiger partial charge in [0.15, 0.2) is 0 Å². The smallest absolute Gasteiger partial charge is 0.255 e. The second-order valence-electron chi connectivity index (χ2n) is 4.68. The highest BCUT2D eigenvalue weighted by molar-refractivity contribution is 6.04. The van der Waals surface area contributed by atoms with Gasteiger partial charge >= 0.3 is 0 Å². The molecule has 2 aromatic rings. The summed E-state index contributed by atoms with van der Waals surface area (Å²) in [6, 6.07) is 13.2. The van der Waals surface area contributed by atoms with Crippen molar-refractivity contribution in [2.45, 2.75) is 20.8 Å². The van der Waals surface area contributed by atoms with Crippen molar-refractivity contribution in [2.24, 2.45) is 0 Å². The van der Waals surface area contributed by atoms with Gasteiger partial charge in [0.25, 0.3) is 5.91 Å². The van der Waals surface area contributed by atoms with Crippen LogP contribution in [0.5, 0.6) is 5.75 Å². The molecular formula is C17H19NO2. The van der Waals surface area contributed by atoms with E-state index in [0.717, 1.165) is 22.6 Å². The predicted molar refractivity (Wildman–Crippen MR) is 81.5 cm³/mol. The molecule has 3 nitrogen and oxygen atoms in total. The van der Waals surface area contributed by atoms with Crippen LogP contribution in [0.1, 0.15) is 28.4 Å². The second-order valence-corrected chi connectivity index (χ2v) is 4.68. The predicted octanol–water partition coefficient (Wildman–Crippen LogP) is 3.95. The Labute approximate surface area is 119 Å². The number of anilines is 1. The Kier molecular flexibility index (Phi) is 4.41. The molecule has 2 aromatic carbocycles. The van der Waals surface area contributed by atoms with E-state index in [-0.39, 0.29) is 5.91 Å². The normalized spacial score (nSPS) is 10.2. The van der Waals surface area contributed by atoms with Crippen LogP contribution in [0, 0.1) is 13.8 Å². The number of carbonyl (C=O) groups is 1. The molecule has 0 aliphatic heterocycles. The van der Waals surface area contributed by atoms with Gasteiger partial charge in [-0.3, -0.25) is 4.79 Å². The van der Waals surface area contributed by atoms with Crippen molar-refractivity contribution in [3.05, 3.63) is 59.2 Å². The average molecular weight is 269 g/mol. The summed E-state index contributed by atoms with van der Waals surface area (Å²) in [4.78, 5) is 12.2. The van der Waals surface area contributed by atoms with Gasteiger partial charge in [0.05, 0.1) is 6.61 Å². The first-order valence-corrected chi connectivity index (χ1v) is 6.72. The summed E-state index contributed by atoms with van der Waals surface area (Å²) in [6.45, 7) is 6.47. The minimum Gasteiger partial charge on any atom is -0.494 e. The zero-order valence-corrected chi connectivity index (χ0v) is 12.1. The van der Waals surface area contributed by atoms with Crippen molar-refractivity contribution in [3.8, 4) is 5.75 Å². The van der Waals surface area contributed by atoms with Crippen LogP contribution in [-0.4, -0.2) is 12.5 Å². The van der Waals surface area contributed by atoms with Crippen molar-refractivity contribution in [2.75, 3.05) is 11.9 Å². The van der Waals surface area contributed by atoms with Gasteiger partial charge in [0.1, 0.15) is 5.75 Å². The Morgan fingerprint density at radius 3 is 2.50 bits per heavy atom. The highest BCUT2D eigenvalue weighted by atomic mass is 16.5. The van der Waals surface area contributed by atoms with Crippen LogP contribution in [0.15, 0.2) is 42.5 Å². The summed E-state index contributed by atoms with van der Waals surface area (Å²) in [5, 5.41) is 2.93. The number of rotatable bonds is 4. The van der Waals surface area contributed by atoms with Gasteiger partial charge in [-0.1, -0.05) is 18.2 Å². The van der Waals surface area contributed by atoms with Gasteiger partial charge < -0.3 is 10.1 Å². The van der Waals surface area contributed by atoms with Gasteiger partial charge in [-0.25, -0.2) is 0 Å². The Morgan fingerprint density at radius 1 is 1.10 bits per heavy atom. The number of aryl methyl sites for hydroxylation is 2.